The Morgan fingerprint density at radius 2 is 1.71 bits per heavy atom. The molecule has 2 aliphatic rings. The molecule has 100 valence electrons. The maximum Gasteiger partial charge on any atom is 0.294 e. The summed E-state index contributed by atoms with van der Waals surface area (Å²) < 4.78 is 9.74. The van der Waals surface area contributed by atoms with Gasteiger partial charge in [-0.25, -0.2) is 0 Å². The third-order valence-electron chi connectivity index (χ3n) is 2.70. The molecule has 0 amide bonds. The summed E-state index contributed by atoms with van der Waals surface area (Å²) in [5.74, 6) is 0. The lowest BCUT2D eigenvalue weighted by molar-refractivity contribution is -0.761. The van der Waals surface area contributed by atoms with Gasteiger partial charge in [0.05, 0.1) is 33.0 Å². The van der Waals surface area contributed by atoms with Crippen molar-refractivity contribution in [2.45, 2.75) is 13.8 Å². The van der Waals surface area contributed by atoms with E-state index in [0.717, 1.165) is 13.2 Å². The third kappa shape index (κ3) is 4.45. The highest BCUT2D eigenvalue weighted by Gasteiger charge is 2.34. The fourth-order valence-electron chi connectivity index (χ4n) is 1.28. The Hall–Kier alpha value is -0.920. The number of nitrogens with zero attached hydrogens (tertiary/aromatic N) is 1. The van der Waals surface area contributed by atoms with Gasteiger partial charge in [-0.15, -0.1) is 10.1 Å². The fourth-order valence-corrected chi connectivity index (χ4v) is 1.28. The molecule has 0 aromatic rings. The maximum atomic E-state index is 9.73. The largest absolute Gasteiger partial charge is 0.396 e. The van der Waals surface area contributed by atoms with Gasteiger partial charge in [0.1, 0.15) is 6.61 Å². The summed E-state index contributed by atoms with van der Waals surface area (Å²) in [6.45, 7) is 6.86. The lowest BCUT2D eigenvalue weighted by Gasteiger charge is -2.36. The van der Waals surface area contributed by atoms with Crippen LogP contribution in [0, 0.1) is 20.9 Å². The molecule has 0 aliphatic carbocycles. The second-order valence-electron chi connectivity index (χ2n) is 5.26. The van der Waals surface area contributed by atoms with Gasteiger partial charge in [0.2, 0.25) is 0 Å². The van der Waals surface area contributed by atoms with Crippen molar-refractivity contribution in [1.29, 1.82) is 0 Å². The second kappa shape index (κ2) is 5.61. The SMILES string of the molecule is CC1(CO)COC1.CC1(CO[N+](=O)[O-])COC1. The van der Waals surface area contributed by atoms with E-state index in [-0.39, 0.29) is 24.0 Å². The molecule has 2 fully saturated rings. The first-order valence-corrected chi connectivity index (χ1v) is 5.43. The zero-order valence-corrected chi connectivity index (χ0v) is 10.2. The standard InChI is InChI=1S/C5H9NO4.C5H10O2/c1-5(2-9-3-5)4-10-6(7)8;1-5(2-6)3-7-4-5/h2-4H2,1H3;6H,2-4H2,1H3. The Labute approximate surface area is 99.8 Å². The first-order valence-electron chi connectivity index (χ1n) is 5.43. The first-order chi connectivity index (χ1) is 7.89. The van der Waals surface area contributed by atoms with Crippen LogP contribution in [0.5, 0.6) is 0 Å². The molecule has 0 atom stereocenters. The Bertz CT molecular complexity index is 256. The van der Waals surface area contributed by atoms with Crippen LogP contribution in [0.1, 0.15) is 13.8 Å². The van der Waals surface area contributed by atoms with Crippen LogP contribution in [0.3, 0.4) is 0 Å². The molecule has 7 nitrogen and oxygen atoms in total. The fraction of sp³-hybridized carbons (Fsp3) is 1.00. The zero-order valence-electron chi connectivity index (χ0n) is 10.2. The normalized spacial score (nSPS) is 23.5. The van der Waals surface area contributed by atoms with Crippen LogP contribution in [0.4, 0.5) is 0 Å². The van der Waals surface area contributed by atoms with E-state index in [1.54, 1.807) is 0 Å². The van der Waals surface area contributed by atoms with Crippen molar-refractivity contribution < 1.29 is 24.5 Å². The minimum atomic E-state index is -0.774. The number of rotatable bonds is 4. The minimum Gasteiger partial charge on any atom is -0.396 e. The summed E-state index contributed by atoms with van der Waals surface area (Å²) in [6.07, 6.45) is 0. The zero-order chi connectivity index (χ0) is 12.9. The van der Waals surface area contributed by atoms with Gasteiger partial charge in [0.15, 0.2) is 0 Å². The van der Waals surface area contributed by atoms with Crippen LogP contribution in [-0.4, -0.2) is 49.8 Å². The summed E-state index contributed by atoms with van der Waals surface area (Å²) in [5.41, 5.74) is -0.0347. The van der Waals surface area contributed by atoms with E-state index in [1.807, 2.05) is 13.8 Å². The van der Waals surface area contributed by atoms with E-state index in [4.69, 9.17) is 14.6 Å². The quantitative estimate of drug-likeness (QED) is 0.567. The van der Waals surface area contributed by atoms with Gasteiger partial charge in [0.25, 0.3) is 5.09 Å². The van der Waals surface area contributed by atoms with Gasteiger partial charge in [-0.2, -0.15) is 0 Å². The molecule has 0 aromatic heterocycles. The van der Waals surface area contributed by atoms with Crippen LogP contribution in [0.25, 0.3) is 0 Å². The average Bonchev–Trinajstić information content (AvgIpc) is 2.21. The third-order valence-corrected chi connectivity index (χ3v) is 2.70. The van der Waals surface area contributed by atoms with Crippen LogP contribution in [-0.2, 0) is 14.3 Å². The first kappa shape index (κ1) is 14.1. The van der Waals surface area contributed by atoms with Crippen molar-refractivity contribution >= 4 is 0 Å². The molecular weight excluding hydrogens is 230 g/mol. The number of ether oxygens (including phenoxy) is 2. The maximum absolute atomic E-state index is 9.73. The average molecular weight is 249 g/mol. The predicted molar refractivity (Wildman–Crippen MR) is 57.9 cm³/mol. The van der Waals surface area contributed by atoms with E-state index in [2.05, 4.69) is 4.84 Å². The molecule has 0 spiro atoms. The molecule has 0 saturated carbocycles. The molecule has 0 bridgehead atoms. The van der Waals surface area contributed by atoms with Crippen molar-refractivity contribution in [2.24, 2.45) is 10.8 Å². The molecular formula is C10H19NO6. The monoisotopic (exact) mass is 249 g/mol. The van der Waals surface area contributed by atoms with Crippen LogP contribution in [0.2, 0.25) is 0 Å². The van der Waals surface area contributed by atoms with Crippen molar-refractivity contribution in [2.75, 3.05) is 39.6 Å². The highest BCUT2D eigenvalue weighted by molar-refractivity contribution is 4.79. The van der Waals surface area contributed by atoms with Crippen molar-refractivity contribution in [1.82, 2.24) is 0 Å². The summed E-state index contributed by atoms with van der Waals surface area (Å²) in [7, 11) is 0. The number of aliphatic hydroxyl groups excluding tert-OH is 1. The van der Waals surface area contributed by atoms with Gasteiger partial charge < -0.3 is 19.4 Å². The smallest absolute Gasteiger partial charge is 0.294 e. The Kier molecular flexibility index (Phi) is 4.67. The Balaban J connectivity index is 0.000000181. The molecule has 17 heavy (non-hydrogen) atoms. The molecule has 2 saturated heterocycles. The highest BCUT2D eigenvalue weighted by Crippen LogP contribution is 2.26. The summed E-state index contributed by atoms with van der Waals surface area (Å²) in [6, 6.07) is 0. The molecule has 7 heteroatoms. The minimum absolute atomic E-state index is 0.0972. The van der Waals surface area contributed by atoms with Gasteiger partial charge in [-0.3, -0.25) is 0 Å². The summed E-state index contributed by atoms with van der Waals surface area (Å²) >= 11 is 0. The van der Waals surface area contributed by atoms with E-state index >= 15 is 0 Å². The lowest BCUT2D eigenvalue weighted by Crippen LogP contribution is -2.44. The number of aliphatic hydroxyl groups is 1. The summed E-state index contributed by atoms with van der Waals surface area (Å²) in [5, 5.41) is 17.5. The van der Waals surface area contributed by atoms with E-state index in [1.165, 1.54) is 0 Å². The Morgan fingerprint density at radius 1 is 1.24 bits per heavy atom. The summed E-state index contributed by atoms with van der Waals surface area (Å²) in [4.78, 5) is 13.9. The molecule has 2 heterocycles. The van der Waals surface area contributed by atoms with E-state index in [9.17, 15) is 10.1 Å². The van der Waals surface area contributed by atoms with Crippen molar-refractivity contribution in [3.63, 3.8) is 0 Å². The lowest BCUT2D eigenvalue weighted by atomic mass is 9.90. The second-order valence-corrected chi connectivity index (χ2v) is 5.26. The van der Waals surface area contributed by atoms with Gasteiger partial charge in [-0.05, 0) is 0 Å². The molecule has 2 aliphatic heterocycles. The Morgan fingerprint density at radius 3 is 1.88 bits per heavy atom. The molecule has 1 N–H and O–H groups in total. The van der Waals surface area contributed by atoms with Gasteiger partial charge in [0, 0.05) is 10.8 Å². The van der Waals surface area contributed by atoms with Gasteiger partial charge >= 0.3 is 0 Å². The van der Waals surface area contributed by atoms with Crippen LogP contribution >= 0.6 is 0 Å². The molecule has 0 aromatic carbocycles. The van der Waals surface area contributed by atoms with E-state index in [0.29, 0.717) is 13.2 Å². The van der Waals surface area contributed by atoms with Crippen LogP contribution < -0.4 is 0 Å². The van der Waals surface area contributed by atoms with E-state index < -0.39 is 5.09 Å². The number of hydrogen-bond donors (Lipinski definition) is 1. The van der Waals surface area contributed by atoms with Crippen molar-refractivity contribution in [3.05, 3.63) is 10.1 Å². The van der Waals surface area contributed by atoms with Crippen molar-refractivity contribution in [3.8, 4) is 0 Å². The predicted octanol–water partition coefficient (Wildman–Crippen LogP) is 0.246. The molecule has 0 radical (unpaired) electrons. The van der Waals surface area contributed by atoms with Gasteiger partial charge in [-0.1, -0.05) is 13.8 Å². The van der Waals surface area contributed by atoms with Crippen LogP contribution in [0.15, 0.2) is 0 Å². The number of hydrogen-bond acceptors (Lipinski definition) is 6. The molecule has 0 unspecified atom stereocenters. The molecule has 2 rings (SSSR count). The topological polar surface area (TPSA) is 91.1 Å². The highest BCUT2D eigenvalue weighted by atomic mass is 16.9.